The summed E-state index contributed by atoms with van der Waals surface area (Å²) in [5.41, 5.74) is 2.65. The zero-order valence-corrected chi connectivity index (χ0v) is 28.9. The van der Waals surface area contributed by atoms with Crippen LogP contribution in [0.4, 0.5) is 17.1 Å². The van der Waals surface area contributed by atoms with Gasteiger partial charge in [0.25, 0.3) is 20.2 Å². The predicted molar refractivity (Wildman–Crippen MR) is 189 cm³/mol. The van der Waals surface area contributed by atoms with E-state index in [-0.39, 0.29) is 35.4 Å². The Balaban J connectivity index is 1.60. The van der Waals surface area contributed by atoms with Gasteiger partial charge in [0, 0.05) is 36.0 Å². The molecule has 1 aliphatic carbocycles. The minimum atomic E-state index is -4.11. The standard InChI is InChI=1S/C34H35N3O12S2/c1-22-16-26(37(12-4-6-14-50(43,44)45)13-5-7-15-51(46,47)48)10-11-29(22)36-30-20-31(32(38)28-9-3-2-8-27(28)30)49-21-35-25-18-23(33(39)40)17-24(19-25)34(41)42/h2-3,8-11,16-21H,4-7,12-15H2,1H3,(H,39,40)(H,41,42)(H,43,44,45)(H,46,47,48). The summed E-state index contributed by atoms with van der Waals surface area (Å²) in [6, 6.07) is 15.5. The summed E-state index contributed by atoms with van der Waals surface area (Å²) in [4.78, 5) is 46.9. The molecule has 0 amide bonds. The summed E-state index contributed by atoms with van der Waals surface area (Å²) < 4.78 is 68.4. The van der Waals surface area contributed by atoms with Gasteiger partial charge in [-0.3, -0.25) is 13.9 Å². The Bertz CT molecular complexity index is 2070. The quantitative estimate of drug-likeness (QED) is 0.0610. The van der Waals surface area contributed by atoms with Crippen molar-refractivity contribution < 1.29 is 55.3 Å². The summed E-state index contributed by atoms with van der Waals surface area (Å²) >= 11 is 0. The Morgan fingerprint density at radius 2 is 1.37 bits per heavy atom. The Kier molecular flexibility index (Phi) is 12.6. The van der Waals surface area contributed by atoms with Gasteiger partial charge >= 0.3 is 11.9 Å². The molecule has 0 atom stereocenters. The Labute approximate surface area is 294 Å². The number of aliphatic imine (C=N–C) groups is 2. The van der Waals surface area contributed by atoms with Crippen LogP contribution in [0, 0.1) is 6.92 Å². The lowest BCUT2D eigenvalue weighted by Crippen LogP contribution is -2.26. The van der Waals surface area contributed by atoms with Crippen LogP contribution in [0.3, 0.4) is 0 Å². The Morgan fingerprint density at radius 1 is 0.804 bits per heavy atom. The Hall–Kier alpha value is -5.23. The number of nitrogens with zero attached hydrogens (tertiary/aromatic N) is 3. The van der Waals surface area contributed by atoms with Crippen LogP contribution >= 0.6 is 0 Å². The van der Waals surface area contributed by atoms with E-state index in [0.29, 0.717) is 48.5 Å². The number of carboxylic acids is 2. The number of Topliss-reactive ketones (excluding diaryl/α,β-unsaturated/α-hetero) is 1. The van der Waals surface area contributed by atoms with Crippen LogP contribution in [-0.4, -0.2) is 90.6 Å². The number of fused-ring (bicyclic) bond motifs is 1. The second kappa shape index (κ2) is 16.7. The Morgan fingerprint density at radius 3 is 1.90 bits per heavy atom. The molecular formula is C34H35N3O12S2. The number of allylic oxidation sites excluding steroid dienone is 2. The van der Waals surface area contributed by atoms with Crippen LogP contribution in [-0.2, 0) is 25.0 Å². The maximum atomic E-state index is 13.3. The minimum absolute atomic E-state index is 0.0212. The topological polar surface area (TPSA) is 238 Å². The van der Waals surface area contributed by atoms with E-state index >= 15 is 0 Å². The third-order valence-electron chi connectivity index (χ3n) is 7.68. The molecule has 0 radical (unpaired) electrons. The zero-order valence-electron chi connectivity index (χ0n) is 27.3. The second-order valence-electron chi connectivity index (χ2n) is 11.6. The van der Waals surface area contributed by atoms with Crippen molar-refractivity contribution in [3.05, 3.63) is 100 Å². The van der Waals surface area contributed by atoms with Gasteiger partial charge in [-0.25, -0.2) is 19.6 Å². The molecule has 3 aromatic rings. The summed E-state index contributed by atoms with van der Waals surface area (Å²) in [7, 11) is -8.23. The van der Waals surface area contributed by atoms with Gasteiger partial charge in [-0.15, -0.1) is 0 Å². The van der Waals surface area contributed by atoms with Gasteiger partial charge in [0.05, 0.1) is 39.7 Å². The number of ketones is 1. The SMILES string of the molecule is Cc1cc(N(CCCCS(=O)(=O)O)CCCCS(=O)(=O)O)ccc1N=C1C=C(OC=Nc2cc(C(=O)O)cc(C(=O)O)c2)C(=O)c2ccccc21. The van der Waals surface area contributed by atoms with Crippen LogP contribution in [0.15, 0.2) is 82.5 Å². The number of benzene rings is 3. The highest BCUT2D eigenvalue weighted by Crippen LogP contribution is 2.29. The number of aromatic carboxylic acids is 2. The first-order chi connectivity index (χ1) is 24.0. The number of hydrogen-bond acceptors (Lipinski definition) is 11. The number of hydrogen-bond donors (Lipinski definition) is 4. The monoisotopic (exact) mass is 741 g/mol. The number of carbonyl (C=O) groups is 3. The van der Waals surface area contributed by atoms with Gasteiger partial charge in [0.2, 0.25) is 5.78 Å². The largest absolute Gasteiger partial charge is 0.478 e. The van der Waals surface area contributed by atoms with Crippen molar-refractivity contribution in [2.24, 2.45) is 9.98 Å². The fourth-order valence-corrected chi connectivity index (χ4v) is 6.34. The number of carbonyl (C=O) groups excluding carboxylic acids is 1. The molecule has 0 spiro atoms. The number of carboxylic acid groups (broad SMARTS) is 2. The zero-order chi connectivity index (χ0) is 37.3. The molecule has 0 aromatic heterocycles. The van der Waals surface area contributed by atoms with E-state index in [2.05, 4.69) is 4.99 Å². The summed E-state index contributed by atoms with van der Waals surface area (Å²) in [6.45, 7) is 2.64. The van der Waals surface area contributed by atoms with E-state index in [1.54, 1.807) is 36.4 Å². The van der Waals surface area contributed by atoms with Crippen LogP contribution < -0.4 is 4.90 Å². The fraction of sp³-hybridized carbons (Fsp3) is 0.265. The highest BCUT2D eigenvalue weighted by atomic mass is 32.2. The maximum Gasteiger partial charge on any atom is 0.335 e. The molecule has 17 heteroatoms. The molecule has 0 aliphatic heterocycles. The number of ether oxygens (including phenoxy) is 1. The van der Waals surface area contributed by atoms with E-state index in [9.17, 15) is 41.4 Å². The van der Waals surface area contributed by atoms with Crippen molar-refractivity contribution >= 4 is 67.1 Å². The van der Waals surface area contributed by atoms with Crippen LogP contribution in [0.5, 0.6) is 0 Å². The van der Waals surface area contributed by atoms with Gasteiger partial charge in [-0.1, -0.05) is 24.3 Å². The molecule has 15 nitrogen and oxygen atoms in total. The molecule has 51 heavy (non-hydrogen) atoms. The lowest BCUT2D eigenvalue weighted by atomic mass is 9.93. The number of aryl methyl sites for hydroxylation is 1. The van der Waals surface area contributed by atoms with E-state index in [1.165, 1.54) is 6.08 Å². The number of rotatable bonds is 17. The van der Waals surface area contributed by atoms with E-state index in [1.807, 2.05) is 17.9 Å². The first kappa shape index (κ1) is 38.6. The fourth-order valence-electron chi connectivity index (χ4n) is 5.20. The average Bonchev–Trinajstić information content (AvgIpc) is 3.05. The van der Waals surface area contributed by atoms with Crippen LogP contribution in [0.1, 0.15) is 67.9 Å². The molecule has 0 fully saturated rings. The third-order valence-corrected chi connectivity index (χ3v) is 9.29. The molecule has 0 saturated carbocycles. The molecule has 4 N–H and O–H groups in total. The first-order valence-corrected chi connectivity index (χ1v) is 18.7. The van der Waals surface area contributed by atoms with Crippen molar-refractivity contribution in [3.63, 3.8) is 0 Å². The van der Waals surface area contributed by atoms with E-state index in [0.717, 1.165) is 35.9 Å². The predicted octanol–water partition coefficient (Wildman–Crippen LogP) is 5.11. The van der Waals surface area contributed by atoms with Gasteiger partial charge in [-0.2, -0.15) is 16.8 Å². The minimum Gasteiger partial charge on any atom is -0.478 e. The number of unbranched alkanes of at least 4 members (excludes halogenated alkanes) is 2. The number of anilines is 1. The van der Waals surface area contributed by atoms with Gasteiger partial charge in [-0.05, 0) is 74.6 Å². The molecule has 0 heterocycles. The van der Waals surface area contributed by atoms with Crippen molar-refractivity contribution in [1.82, 2.24) is 0 Å². The highest BCUT2D eigenvalue weighted by Gasteiger charge is 2.25. The average molecular weight is 742 g/mol. The molecule has 270 valence electrons. The lowest BCUT2D eigenvalue weighted by molar-refractivity contribution is 0.0696. The molecule has 0 saturated heterocycles. The van der Waals surface area contributed by atoms with Crippen molar-refractivity contribution in [1.29, 1.82) is 0 Å². The van der Waals surface area contributed by atoms with Gasteiger partial charge in [0.15, 0.2) is 12.2 Å². The second-order valence-corrected chi connectivity index (χ2v) is 14.7. The van der Waals surface area contributed by atoms with Crippen molar-refractivity contribution in [3.8, 4) is 0 Å². The maximum absolute atomic E-state index is 13.3. The van der Waals surface area contributed by atoms with E-state index < -0.39 is 49.5 Å². The highest BCUT2D eigenvalue weighted by molar-refractivity contribution is 7.86. The van der Waals surface area contributed by atoms with Crippen LogP contribution in [0.2, 0.25) is 0 Å². The molecule has 3 aromatic carbocycles. The normalized spacial score (nSPS) is 14.0. The summed E-state index contributed by atoms with van der Waals surface area (Å²) in [5, 5.41) is 18.6. The smallest absolute Gasteiger partial charge is 0.335 e. The van der Waals surface area contributed by atoms with Gasteiger partial charge in [0.1, 0.15) is 0 Å². The molecule has 0 unspecified atom stereocenters. The third kappa shape index (κ3) is 11.4. The van der Waals surface area contributed by atoms with Gasteiger partial charge < -0.3 is 19.8 Å². The molecule has 1 aliphatic rings. The van der Waals surface area contributed by atoms with Crippen molar-refractivity contribution in [2.45, 2.75) is 32.6 Å². The van der Waals surface area contributed by atoms with Crippen molar-refractivity contribution in [2.75, 3.05) is 29.5 Å². The lowest BCUT2D eigenvalue weighted by Gasteiger charge is -2.26. The first-order valence-electron chi connectivity index (χ1n) is 15.5. The molecule has 0 bridgehead atoms. The summed E-state index contributed by atoms with van der Waals surface area (Å²) in [6.07, 6.45) is 3.61. The molecular weight excluding hydrogens is 707 g/mol. The van der Waals surface area contributed by atoms with Crippen LogP contribution in [0.25, 0.3) is 0 Å². The van der Waals surface area contributed by atoms with E-state index in [4.69, 9.17) is 18.8 Å². The summed E-state index contributed by atoms with van der Waals surface area (Å²) in [5.74, 6) is -4.08. The molecule has 4 rings (SSSR count).